The van der Waals surface area contributed by atoms with E-state index < -0.39 is 0 Å². The van der Waals surface area contributed by atoms with Gasteiger partial charge in [-0.25, -0.2) is 0 Å². The number of carbonyl (C=O) groups excluding carboxylic acids is 1. The molecule has 2 N–H and O–H groups in total. The Labute approximate surface area is 213 Å². The lowest BCUT2D eigenvalue weighted by Crippen LogP contribution is -2.32. The summed E-state index contributed by atoms with van der Waals surface area (Å²) in [5, 5.41) is 21.9. The maximum Gasteiger partial charge on any atom is 0.182 e. The van der Waals surface area contributed by atoms with Crippen LogP contribution < -0.4 is 0 Å². The van der Waals surface area contributed by atoms with E-state index in [1.165, 1.54) is 4.88 Å². The van der Waals surface area contributed by atoms with Crippen molar-refractivity contribution in [2.24, 2.45) is 5.92 Å². The van der Waals surface area contributed by atoms with Gasteiger partial charge in [0.25, 0.3) is 0 Å². The molecule has 0 amide bonds. The second kappa shape index (κ2) is 10.3. The molecule has 33 heavy (non-hydrogen) atoms. The zero-order chi connectivity index (χ0) is 23.8. The first kappa shape index (κ1) is 27.6. The number of aromatic hydroxyl groups is 1. The summed E-state index contributed by atoms with van der Waals surface area (Å²) in [6, 6.07) is 7.87. The molecule has 1 aromatic heterocycles. The average molecular weight is 536 g/mol. The second-order valence-corrected chi connectivity index (χ2v) is 12.1. The first-order valence-electron chi connectivity index (χ1n) is 11.6. The number of nitrogens with zero attached hydrogens (tertiary/aromatic N) is 1. The number of phenols is 1. The molecule has 0 bridgehead atoms. The molecule has 0 saturated carbocycles. The quantitative estimate of drug-likeness (QED) is 0.382. The van der Waals surface area contributed by atoms with Crippen LogP contribution in [0.1, 0.15) is 93.6 Å². The Hall–Kier alpha value is -1.66. The second-order valence-electron chi connectivity index (χ2n) is 11.2. The van der Waals surface area contributed by atoms with Gasteiger partial charge in [-0.3, -0.25) is 10.2 Å². The summed E-state index contributed by atoms with van der Waals surface area (Å²) in [5.41, 5.74) is 1.65. The molecule has 2 atom stereocenters. The molecular formula is C27H39BrN2O2S. The molecule has 0 spiro atoms. The molecule has 1 aliphatic rings. The average Bonchev–Trinajstić information content (AvgIpc) is 3.29. The summed E-state index contributed by atoms with van der Waals surface area (Å²) in [7, 11) is 0. The number of thiophene rings is 1. The normalized spacial score (nSPS) is 19.0. The van der Waals surface area contributed by atoms with Gasteiger partial charge in [0.1, 0.15) is 11.6 Å². The fourth-order valence-corrected chi connectivity index (χ4v) is 5.65. The highest BCUT2D eigenvalue weighted by Crippen LogP contribution is 2.41. The zero-order valence-corrected chi connectivity index (χ0v) is 23.5. The third-order valence-electron chi connectivity index (χ3n) is 6.45. The van der Waals surface area contributed by atoms with E-state index in [0.717, 1.165) is 30.5 Å². The Morgan fingerprint density at radius 2 is 1.73 bits per heavy atom. The van der Waals surface area contributed by atoms with Crippen molar-refractivity contribution < 1.29 is 9.90 Å². The molecule has 1 aromatic carbocycles. The largest absolute Gasteiger partial charge is 0.507 e. The van der Waals surface area contributed by atoms with Crippen molar-refractivity contribution in [1.82, 2.24) is 4.90 Å². The molecule has 1 fully saturated rings. The molecule has 2 aromatic rings. The lowest BCUT2D eigenvalue weighted by Gasteiger charge is -2.28. The van der Waals surface area contributed by atoms with E-state index in [-0.39, 0.29) is 51.8 Å². The topological polar surface area (TPSA) is 64.4 Å². The SMILES string of the molecule is Br.CCCC1CN(CC(=O)c2cc(C(C)(C)C)c(O)c(C(C)(C)C)c2)C(=N)C1c1cccs1. The predicted molar refractivity (Wildman–Crippen MR) is 145 cm³/mol. The minimum absolute atomic E-state index is 0. The maximum absolute atomic E-state index is 13.5. The molecule has 0 radical (unpaired) electrons. The molecule has 0 aliphatic carbocycles. The number of halogens is 1. The van der Waals surface area contributed by atoms with Gasteiger partial charge in [0.05, 0.1) is 12.5 Å². The number of ketones is 1. The van der Waals surface area contributed by atoms with Crippen molar-refractivity contribution in [2.75, 3.05) is 13.1 Å². The molecule has 4 nitrogen and oxygen atoms in total. The van der Waals surface area contributed by atoms with Crippen LogP contribution in [0.5, 0.6) is 5.75 Å². The van der Waals surface area contributed by atoms with Crippen LogP contribution in [0.4, 0.5) is 0 Å². The molecule has 2 heterocycles. The first-order chi connectivity index (χ1) is 14.8. The van der Waals surface area contributed by atoms with E-state index in [2.05, 4.69) is 59.9 Å². The Bertz CT molecular complexity index is 952. The van der Waals surface area contributed by atoms with Crippen molar-refractivity contribution >= 4 is 39.9 Å². The lowest BCUT2D eigenvalue weighted by atomic mass is 9.78. The van der Waals surface area contributed by atoms with Crippen LogP contribution in [0.25, 0.3) is 0 Å². The lowest BCUT2D eigenvalue weighted by molar-refractivity contribution is 0.0963. The monoisotopic (exact) mass is 534 g/mol. The molecule has 6 heteroatoms. The van der Waals surface area contributed by atoms with Gasteiger partial charge in [0.2, 0.25) is 0 Å². The number of phenolic OH excluding ortho intramolecular Hbond substituents is 1. The van der Waals surface area contributed by atoms with Gasteiger partial charge < -0.3 is 10.0 Å². The van der Waals surface area contributed by atoms with Gasteiger partial charge in [0, 0.05) is 28.1 Å². The van der Waals surface area contributed by atoms with Crippen LogP contribution in [0.3, 0.4) is 0 Å². The smallest absolute Gasteiger partial charge is 0.182 e. The Morgan fingerprint density at radius 3 is 2.18 bits per heavy atom. The summed E-state index contributed by atoms with van der Waals surface area (Å²) < 4.78 is 0. The number of Topliss-reactive ketones (excluding diaryl/α,β-unsaturated/α-hetero) is 1. The van der Waals surface area contributed by atoms with E-state index in [9.17, 15) is 9.90 Å². The van der Waals surface area contributed by atoms with Gasteiger partial charge in [-0.15, -0.1) is 28.3 Å². The van der Waals surface area contributed by atoms with Crippen LogP contribution in [-0.2, 0) is 10.8 Å². The molecule has 1 aliphatic heterocycles. The Morgan fingerprint density at radius 1 is 1.15 bits per heavy atom. The van der Waals surface area contributed by atoms with Crippen molar-refractivity contribution in [2.45, 2.75) is 78.1 Å². The highest BCUT2D eigenvalue weighted by molar-refractivity contribution is 8.93. The number of amidine groups is 1. The minimum atomic E-state index is -0.281. The zero-order valence-electron chi connectivity index (χ0n) is 21.0. The number of carbonyl (C=O) groups is 1. The van der Waals surface area contributed by atoms with E-state index in [1.54, 1.807) is 11.3 Å². The van der Waals surface area contributed by atoms with Crippen LogP contribution >= 0.6 is 28.3 Å². The van der Waals surface area contributed by atoms with Crippen molar-refractivity contribution in [3.8, 4) is 5.75 Å². The van der Waals surface area contributed by atoms with Crippen molar-refractivity contribution in [3.05, 3.63) is 51.2 Å². The van der Waals surface area contributed by atoms with E-state index in [1.807, 2.05) is 23.1 Å². The number of nitrogens with one attached hydrogen (secondary N) is 1. The molecular weight excluding hydrogens is 496 g/mol. The fraction of sp³-hybridized carbons (Fsp3) is 0.556. The number of rotatable bonds is 6. The maximum atomic E-state index is 13.5. The highest BCUT2D eigenvalue weighted by Gasteiger charge is 2.39. The van der Waals surface area contributed by atoms with Crippen LogP contribution in [-0.4, -0.2) is 34.7 Å². The van der Waals surface area contributed by atoms with Crippen LogP contribution in [0.15, 0.2) is 29.6 Å². The van der Waals surface area contributed by atoms with Gasteiger partial charge in [-0.2, -0.15) is 0 Å². The first-order valence-corrected chi connectivity index (χ1v) is 12.5. The van der Waals surface area contributed by atoms with Gasteiger partial charge in [0.15, 0.2) is 5.78 Å². The van der Waals surface area contributed by atoms with Crippen LogP contribution in [0.2, 0.25) is 0 Å². The standard InChI is InChI=1S/C27H38N2O2S.BrH/c1-8-10-17-15-29(25(28)23(17)22-11-9-12-32-22)16-21(30)18-13-19(26(2,3)4)24(31)20(14-18)27(5,6)7;/h9,11-14,17,23,28,31H,8,10,15-16H2,1-7H3;1H. The minimum Gasteiger partial charge on any atom is -0.507 e. The third kappa shape index (κ3) is 5.89. The fourth-order valence-electron chi connectivity index (χ4n) is 4.72. The summed E-state index contributed by atoms with van der Waals surface area (Å²) in [6.45, 7) is 15.5. The van der Waals surface area contributed by atoms with Gasteiger partial charge >= 0.3 is 0 Å². The predicted octanol–water partition coefficient (Wildman–Crippen LogP) is 7.30. The van der Waals surface area contributed by atoms with Crippen molar-refractivity contribution in [1.29, 1.82) is 5.41 Å². The van der Waals surface area contributed by atoms with Gasteiger partial charge in [-0.1, -0.05) is 61.0 Å². The Balaban J connectivity index is 0.00000385. The van der Waals surface area contributed by atoms with Crippen molar-refractivity contribution in [3.63, 3.8) is 0 Å². The molecule has 1 saturated heterocycles. The number of hydrogen-bond donors (Lipinski definition) is 2. The summed E-state index contributed by atoms with van der Waals surface area (Å²) in [4.78, 5) is 16.6. The summed E-state index contributed by atoms with van der Waals surface area (Å²) >= 11 is 1.70. The van der Waals surface area contributed by atoms with E-state index in [0.29, 0.717) is 17.3 Å². The summed E-state index contributed by atoms with van der Waals surface area (Å²) in [6.07, 6.45) is 2.13. The van der Waals surface area contributed by atoms with E-state index >= 15 is 0 Å². The summed E-state index contributed by atoms with van der Waals surface area (Å²) in [5.74, 6) is 1.31. The number of hydrogen-bond acceptors (Lipinski definition) is 4. The highest BCUT2D eigenvalue weighted by atomic mass is 79.9. The van der Waals surface area contributed by atoms with Crippen LogP contribution in [0, 0.1) is 11.3 Å². The van der Waals surface area contributed by atoms with E-state index in [4.69, 9.17) is 5.41 Å². The molecule has 182 valence electrons. The Kier molecular flexibility index (Phi) is 8.61. The van der Waals surface area contributed by atoms with Gasteiger partial charge in [-0.05, 0) is 46.7 Å². The third-order valence-corrected chi connectivity index (χ3v) is 7.41. The molecule has 2 unspecified atom stereocenters. The number of benzene rings is 1. The molecule has 3 rings (SSSR count). The number of likely N-dealkylation sites (tertiary alicyclic amines) is 1.